The largest absolute Gasteiger partial charge is 0.385 e. The van der Waals surface area contributed by atoms with E-state index < -0.39 is 23.8 Å². The number of rotatable bonds is 3. The van der Waals surface area contributed by atoms with Crippen LogP contribution >= 0.6 is 0 Å². The summed E-state index contributed by atoms with van der Waals surface area (Å²) in [6.07, 6.45) is -2.17. The lowest BCUT2D eigenvalue weighted by Crippen LogP contribution is -2.62. The van der Waals surface area contributed by atoms with E-state index in [1.54, 1.807) is 13.8 Å². The molecule has 0 radical (unpaired) electrons. The highest BCUT2D eigenvalue weighted by Gasteiger charge is 2.56. The molecule has 3 N–H and O–H groups in total. The second-order valence-electron chi connectivity index (χ2n) is 6.97. The molecule has 4 atom stereocenters. The topological polar surface area (TPSA) is 80.2 Å². The summed E-state index contributed by atoms with van der Waals surface area (Å²) in [5.41, 5.74) is 3.12. The summed E-state index contributed by atoms with van der Waals surface area (Å²) in [4.78, 5) is 0. The predicted octanol–water partition coefficient (Wildman–Crippen LogP) is 1.32. The van der Waals surface area contributed by atoms with E-state index in [-0.39, 0.29) is 19.3 Å². The Bertz CT molecular complexity index is 570. The maximum atomic E-state index is 10.7. The van der Waals surface area contributed by atoms with Gasteiger partial charge in [-0.15, -0.1) is 0 Å². The Morgan fingerprint density at radius 1 is 1.17 bits per heavy atom. The zero-order chi connectivity index (χ0) is 16.8. The monoisotopic (exact) mass is 323 g/mol. The van der Waals surface area contributed by atoms with Gasteiger partial charge in [0.1, 0.15) is 18.3 Å². The molecule has 0 spiro atoms. The van der Waals surface area contributed by atoms with Crippen molar-refractivity contribution in [3.8, 4) is 0 Å². The first-order valence-corrected chi connectivity index (χ1v) is 7.91. The number of benzene rings is 1. The maximum absolute atomic E-state index is 10.7. The Balaban J connectivity index is 1.70. The maximum Gasteiger partial charge on any atom is 0.212 e. The lowest BCUT2D eigenvalue weighted by molar-refractivity contribution is -0.298. The van der Waals surface area contributed by atoms with Crippen LogP contribution in [0, 0.1) is 13.8 Å². The van der Waals surface area contributed by atoms with E-state index in [9.17, 15) is 10.2 Å². The molecule has 6 heteroatoms. The standard InChI is InChI=1S/C17H25NO5/c1-10-5-11(2)7-12(6-10)18-9-17(20)15(19)14-13(8-21-17)22-16(3,4)23-14/h5-7,13-15,18-20H,8-9H2,1-4H3/t13-,14-,15+,17-/m1/s1. The molecule has 0 bridgehead atoms. The summed E-state index contributed by atoms with van der Waals surface area (Å²) in [5.74, 6) is -2.51. The Kier molecular flexibility index (Phi) is 4.14. The van der Waals surface area contributed by atoms with E-state index >= 15 is 0 Å². The van der Waals surface area contributed by atoms with E-state index in [4.69, 9.17) is 14.2 Å². The number of hydrogen-bond acceptors (Lipinski definition) is 6. The fraction of sp³-hybridized carbons (Fsp3) is 0.647. The highest BCUT2D eigenvalue weighted by atomic mass is 16.8. The van der Waals surface area contributed by atoms with Gasteiger partial charge in [0.05, 0.1) is 13.2 Å². The molecule has 2 aliphatic heterocycles. The van der Waals surface area contributed by atoms with Crippen LogP contribution in [-0.2, 0) is 14.2 Å². The van der Waals surface area contributed by atoms with Crippen LogP contribution in [0.1, 0.15) is 25.0 Å². The molecule has 128 valence electrons. The Morgan fingerprint density at radius 3 is 2.48 bits per heavy atom. The van der Waals surface area contributed by atoms with E-state index in [1.807, 2.05) is 26.0 Å². The molecule has 2 saturated heterocycles. The zero-order valence-corrected chi connectivity index (χ0v) is 14.0. The van der Waals surface area contributed by atoms with Crippen molar-refractivity contribution in [3.05, 3.63) is 29.3 Å². The van der Waals surface area contributed by atoms with Gasteiger partial charge in [-0.2, -0.15) is 0 Å². The van der Waals surface area contributed by atoms with Crippen LogP contribution in [0.4, 0.5) is 5.69 Å². The summed E-state index contributed by atoms with van der Waals surface area (Å²) in [7, 11) is 0. The molecule has 3 rings (SSSR count). The van der Waals surface area contributed by atoms with E-state index in [0.29, 0.717) is 0 Å². The first-order chi connectivity index (χ1) is 10.7. The van der Waals surface area contributed by atoms with E-state index in [2.05, 4.69) is 11.4 Å². The van der Waals surface area contributed by atoms with Crippen LogP contribution in [0.15, 0.2) is 18.2 Å². The number of nitrogens with one attached hydrogen (secondary N) is 1. The van der Waals surface area contributed by atoms with Gasteiger partial charge in [0.2, 0.25) is 5.79 Å². The summed E-state index contributed by atoms with van der Waals surface area (Å²) in [6, 6.07) is 6.03. The van der Waals surface area contributed by atoms with Crippen LogP contribution in [0.25, 0.3) is 0 Å². The molecule has 1 aromatic rings. The SMILES string of the molecule is Cc1cc(C)cc(NC[C@@]2(O)OC[C@H]3OC(C)(C)O[C@H]3[C@@H]2O)c1. The van der Waals surface area contributed by atoms with Gasteiger partial charge < -0.3 is 29.7 Å². The van der Waals surface area contributed by atoms with Crippen molar-refractivity contribution < 1.29 is 24.4 Å². The Hall–Kier alpha value is -1.18. The third-order valence-corrected chi connectivity index (χ3v) is 4.26. The lowest BCUT2D eigenvalue weighted by atomic mass is 9.96. The second-order valence-corrected chi connectivity index (χ2v) is 6.97. The average molecular weight is 323 g/mol. The van der Waals surface area contributed by atoms with Crippen molar-refractivity contribution in [1.29, 1.82) is 0 Å². The average Bonchev–Trinajstić information content (AvgIpc) is 2.76. The number of aliphatic hydroxyl groups is 2. The molecule has 6 nitrogen and oxygen atoms in total. The first-order valence-electron chi connectivity index (χ1n) is 7.91. The summed E-state index contributed by atoms with van der Waals surface area (Å²) >= 11 is 0. The number of aryl methyl sites for hydroxylation is 2. The smallest absolute Gasteiger partial charge is 0.212 e. The highest BCUT2D eigenvalue weighted by molar-refractivity contribution is 5.48. The molecular formula is C17H25NO5. The second kappa shape index (κ2) is 5.72. The molecule has 2 heterocycles. The zero-order valence-electron chi connectivity index (χ0n) is 14.0. The minimum Gasteiger partial charge on any atom is -0.385 e. The van der Waals surface area contributed by atoms with E-state index in [1.165, 1.54) is 0 Å². The predicted molar refractivity (Wildman–Crippen MR) is 85.1 cm³/mol. The molecular weight excluding hydrogens is 298 g/mol. The molecule has 0 saturated carbocycles. The number of anilines is 1. The van der Waals surface area contributed by atoms with Gasteiger partial charge in [0.15, 0.2) is 5.79 Å². The van der Waals surface area contributed by atoms with Crippen LogP contribution in [-0.4, -0.2) is 53.3 Å². The molecule has 0 aromatic heterocycles. The number of hydrogen-bond donors (Lipinski definition) is 3. The summed E-state index contributed by atoms with van der Waals surface area (Å²) in [5, 5.41) is 24.3. The van der Waals surface area contributed by atoms with Gasteiger partial charge in [0.25, 0.3) is 0 Å². The van der Waals surface area contributed by atoms with Crippen molar-refractivity contribution in [1.82, 2.24) is 0 Å². The normalized spacial score (nSPS) is 35.8. The lowest BCUT2D eigenvalue weighted by Gasteiger charge is -2.41. The molecule has 0 unspecified atom stereocenters. The fourth-order valence-electron chi connectivity index (χ4n) is 3.29. The summed E-state index contributed by atoms with van der Waals surface area (Å²) < 4.78 is 16.9. The molecule has 1 aromatic carbocycles. The van der Waals surface area contributed by atoms with Crippen molar-refractivity contribution >= 4 is 5.69 Å². The van der Waals surface area contributed by atoms with Crippen LogP contribution in [0.3, 0.4) is 0 Å². The van der Waals surface area contributed by atoms with Gasteiger partial charge in [0, 0.05) is 5.69 Å². The fourth-order valence-corrected chi connectivity index (χ4v) is 3.29. The van der Waals surface area contributed by atoms with Crippen molar-refractivity contribution in [2.45, 2.75) is 57.6 Å². The molecule has 23 heavy (non-hydrogen) atoms. The Morgan fingerprint density at radius 2 is 1.83 bits per heavy atom. The quantitative estimate of drug-likeness (QED) is 0.778. The number of ether oxygens (including phenoxy) is 3. The van der Waals surface area contributed by atoms with Crippen molar-refractivity contribution in [2.75, 3.05) is 18.5 Å². The van der Waals surface area contributed by atoms with Crippen LogP contribution < -0.4 is 5.32 Å². The van der Waals surface area contributed by atoms with Gasteiger partial charge >= 0.3 is 0 Å². The van der Waals surface area contributed by atoms with Crippen molar-refractivity contribution in [2.24, 2.45) is 0 Å². The van der Waals surface area contributed by atoms with Gasteiger partial charge in [-0.3, -0.25) is 0 Å². The summed E-state index contributed by atoms with van der Waals surface area (Å²) in [6.45, 7) is 7.82. The minimum absolute atomic E-state index is 0.0596. The van der Waals surface area contributed by atoms with E-state index in [0.717, 1.165) is 16.8 Å². The van der Waals surface area contributed by atoms with Gasteiger partial charge in [-0.25, -0.2) is 0 Å². The van der Waals surface area contributed by atoms with Crippen LogP contribution in [0.2, 0.25) is 0 Å². The molecule has 0 amide bonds. The minimum atomic E-state index is -1.72. The number of aliphatic hydroxyl groups excluding tert-OH is 1. The first kappa shape index (κ1) is 16.7. The third-order valence-electron chi connectivity index (χ3n) is 4.26. The van der Waals surface area contributed by atoms with Crippen LogP contribution in [0.5, 0.6) is 0 Å². The molecule has 2 aliphatic rings. The Labute approximate surface area is 136 Å². The molecule has 0 aliphatic carbocycles. The number of fused-ring (bicyclic) bond motifs is 1. The third kappa shape index (κ3) is 3.36. The molecule has 2 fully saturated rings. The highest BCUT2D eigenvalue weighted by Crippen LogP contribution is 2.37. The van der Waals surface area contributed by atoms with Gasteiger partial charge in [-0.05, 0) is 51.0 Å². The van der Waals surface area contributed by atoms with Gasteiger partial charge in [-0.1, -0.05) is 6.07 Å². The van der Waals surface area contributed by atoms with Crippen molar-refractivity contribution in [3.63, 3.8) is 0 Å².